The Bertz CT molecular complexity index is 70.9. The lowest BCUT2D eigenvalue weighted by Gasteiger charge is -2.18. The Kier molecular flexibility index (Phi) is 6.63. The third-order valence-electron chi connectivity index (χ3n) is 2.01. The molecule has 0 aliphatic carbocycles. The van der Waals surface area contributed by atoms with Gasteiger partial charge in [0.1, 0.15) is 0 Å². The summed E-state index contributed by atoms with van der Waals surface area (Å²) in [5.74, 6) is 0. The molecule has 0 amide bonds. The van der Waals surface area contributed by atoms with Crippen molar-refractivity contribution in [3.63, 3.8) is 0 Å². The molecule has 0 spiro atoms. The van der Waals surface area contributed by atoms with Gasteiger partial charge in [0, 0.05) is 12.1 Å². The van der Waals surface area contributed by atoms with Gasteiger partial charge < -0.3 is 5.32 Å². The van der Waals surface area contributed by atoms with E-state index < -0.39 is 0 Å². The number of hydrogen-bond donors (Lipinski definition) is 1. The van der Waals surface area contributed by atoms with Crippen LogP contribution in [-0.2, 0) is 0 Å². The van der Waals surface area contributed by atoms with Crippen LogP contribution >= 0.6 is 0 Å². The minimum absolute atomic E-state index is 0.696. The average Bonchev–Trinajstić information content (AvgIpc) is 1.87. The second-order valence-electron chi connectivity index (χ2n) is 3.55. The van der Waals surface area contributed by atoms with Crippen molar-refractivity contribution in [3.05, 3.63) is 0 Å². The second-order valence-corrected chi connectivity index (χ2v) is 3.55. The lowest BCUT2D eigenvalue weighted by Crippen LogP contribution is -2.34. The largest absolute Gasteiger partial charge is 0.312 e. The minimum Gasteiger partial charge on any atom is -0.312 e. The molecule has 2 atom stereocenters. The number of rotatable bonds is 6. The van der Waals surface area contributed by atoms with E-state index in [1.807, 2.05) is 0 Å². The lowest BCUT2D eigenvalue weighted by molar-refractivity contribution is 0.423. The molecule has 0 saturated heterocycles. The van der Waals surface area contributed by atoms with Crippen molar-refractivity contribution in [2.24, 2.45) is 0 Å². The van der Waals surface area contributed by atoms with Gasteiger partial charge >= 0.3 is 0 Å². The van der Waals surface area contributed by atoms with Crippen LogP contribution in [-0.4, -0.2) is 12.1 Å². The van der Waals surface area contributed by atoms with Gasteiger partial charge in [-0.25, -0.2) is 0 Å². The van der Waals surface area contributed by atoms with Crippen LogP contribution < -0.4 is 5.32 Å². The monoisotopic (exact) mass is 157 g/mol. The molecule has 1 N–H and O–H groups in total. The summed E-state index contributed by atoms with van der Waals surface area (Å²) in [7, 11) is 0. The van der Waals surface area contributed by atoms with Crippen LogP contribution in [0.5, 0.6) is 0 Å². The molecule has 0 aromatic carbocycles. The van der Waals surface area contributed by atoms with E-state index in [2.05, 4.69) is 33.0 Å². The van der Waals surface area contributed by atoms with E-state index in [4.69, 9.17) is 0 Å². The third-order valence-corrected chi connectivity index (χ3v) is 2.01. The Morgan fingerprint density at radius 2 is 1.27 bits per heavy atom. The highest BCUT2D eigenvalue weighted by Crippen LogP contribution is 2.00. The summed E-state index contributed by atoms with van der Waals surface area (Å²) in [5, 5.41) is 3.58. The second kappa shape index (κ2) is 6.66. The smallest absolute Gasteiger partial charge is 0.00411 e. The first-order valence-corrected chi connectivity index (χ1v) is 4.96. The van der Waals surface area contributed by atoms with Gasteiger partial charge in [0.25, 0.3) is 0 Å². The molecular formula is C10H23N. The van der Waals surface area contributed by atoms with Gasteiger partial charge in [-0.15, -0.1) is 0 Å². The Hall–Kier alpha value is -0.0400. The molecule has 0 bridgehead atoms. The van der Waals surface area contributed by atoms with Crippen LogP contribution in [0.15, 0.2) is 0 Å². The summed E-state index contributed by atoms with van der Waals surface area (Å²) < 4.78 is 0. The minimum atomic E-state index is 0.696. The van der Waals surface area contributed by atoms with Crippen molar-refractivity contribution in [1.82, 2.24) is 5.32 Å². The molecule has 1 heteroatoms. The summed E-state index contributed by atoms with van der Waals surface area (Å²) in [4.78, 5) is 0. The Balaban J connectivity index is 3.32. The first kappa shape index (κ1) is 11.0. The van der Waals surface area contributed by atoms with Gasteiger partial charge in [0.05, 0.1) is 0 Å². The fraction of sp³-hybridized carbons (Fsp3) is 1.00. The maximum absolute atomic E-state index is 3.58. The molecule has 0 heterocycles. The van der Waals surface area contributed by atoms with Crippen LogP contribution in [0.1, 0.15) is 53.4 Å². The van der Waals surface area contributed by atoms with Crippen LogP contribution in [0.25, 0.3) is 0 Å². The zero-order chi connectivity index (χ0) is 8.69. The van der Waals surface area contributed by atoms with Crippen LogP contribution in [0.4, 0.5) is 0 Å². The van der Waals surface area contributed by atoms with E-state index in [9.17, 15) is 0 Å². The first-order valence-electron chi connectivity index (χ1n) is 4.96. The molecule has 0 radical (unpaired) electrons. The standard InChI is InChI=1S/C10H23N/c1-5-7-9(3)11-10(4)8-6-2/h9-11H,5-8H2,1-4H3. The van der Waals surface area contributed by atoms with Crippen LogP contribution in [0.3, 0.4) is 0 Å². The summed E-state index contributed by atoms with van der Waals surface area (Å²) in [6.07, 6.45) is 5.17. The van der Waals surface area contributed by atoms with Crippen molar-refractivity contribution in [2.75, 3.05) is 0 Å². The average molecular weight is 157 g/mol. The summed E-state index contributed by atoms with van der Waals surface area (Å²) in [6, 6.07) is 1.39. The quantitative estimate of drug-likeness (QED) is 0.625. The third kappa shape index (κ3) is 6.36. The number of hydrogen-bond acceptors (Lipinski definition) is 1. The van der Waals surface area contributed by atoms with Crippen molar-refractivity contribution >= 4 is 0 Å². The predicted octanol–water partition coefficient (Wildman–Crippen LogP) is 2.95. The molecule has 0 saturated carbocycles. The molecule has 0 aromatic heterocycles. The zero-order valence-corrected chi connectivity index (χ0v) is 8.48. The van der Waals surface area contributed by atoms with Crippen molar-refractivity contribution in [2.45, 2.75) is 65.5 Å². The topological polar surface area (TPSA) is 12.0 Å². The molecule has 11 heavy (non-hydrogen) atoms. The van der Waals surface area contributed by atoms with E-state index in [0.717, 1.165) is 0 Å². The van der Waals surface area contributed by atoms with E-state index >= 15 is 0 Å². The van der Waals surface area contributed by atoms with Crippen molar-refractivity contribution in [3.8, 4) is 0 Å². The SMILES string of the molecule is CCCC(C)NC(C)CCC. The Morgan fingerprint density at radius 3 is 1.55 bits per heavy atom. The summed E-state index contributed by atoms with van der Waals surface area (Å²) in [6.45, 7) is 9.02. The highest BCUT2D eigenvalue weighted by atomic mass is 14.9. The first-order chi connectivity index (χ1) is 5.20. The maximum Gasteiger partial charge on any atom is 0.00411 e. The summed E-state index contributed by atoms with van der Waals surface area (Å²) >= 11 is 0. The molecule has 0 fully saturated rings. The predicted molar refractivity (Wildman–Crippen MR) is 51.9 cm³/mol. The normalized spacial score (nSPS) is 16.4. The van der Waals surface area contributed by atoms with Gasteiger partial charge in [0.15, 0.2) is 0 Å². The Morgan fingerprint density at radius 1 is 0.909 bits per heavy atom. The fourth-order valence-corrected chi connectivity index (χ4v) is 1.52. The van der Waals surface area contributed by atoms with Gasteiger partial charge in [-0.05, 0) is 26.7 Å². The fourth-order valence-electron chi connectivity index (χ4n) is 1.52. The molecule has 0 aromatic rings. The van der Waals surface area contributed by atoms with Crippen LogP contribution in [0, 0.1) is 0 Å². The summed E-state index contributed by atoms with van der Waals surface area (Å²) in [5.41, 5.74) is 0. The van der Waals surface area contributed by atoms with Gasteiger partial charge in [-0.3, -0.25) is 0 Å². The van der Waals surface area contributed by atoms with Crippen molar-refractivity contribution in [1.29, 1.82) is 0 Å². The number of nitrogens with one attached hydrogen (secondary N) is 1. The van der Waals surface area contributed by atoms with E-state index in [-0.39, 0.29) is 0 Å². The van der Waals surface area contributed by atoms with Crippen LogP contribution in [0.2, 0.25) is 0 Å². The highest BCUT2D eigenvalue weighted by molar-refractivity contribution is 4.66. The highest BCUT2D eigenvalue weighted by Gasteiger charge is 2.04. The molecular weight excluding hydrogens is 134 g/mol. The van der Waals surface area contributed by atoms with Crippen molar-refractivity contribution < 1.29 is 0 Å². The van der Waals surface area contributed by atoms with Gasteiger partial charge in [-0.1, -0.05) is 26.7 Å². The van der Waals surface area contributed by atoms with Gasteiger partial charge in [-0.2, -0.15) is 0 Å². The zero-order valence-electron chi connectivity index (χ0n) is 8.48. The van der Waals surface area contributed by atoms with Gasteiger partial charge in [0.2, 0.25) is 0 Å². The molecule has 0 aliphatic rings. The van der Waals surface area contributed by atoms with E-state index in [0.29, 0.717) is 12.1 Å². The molecule has 1 nitrogen and oxygen atoms in total. The lowest BCUT2D eigenvalue weighted by atomic mass is 10.1. The molecule has 0 rings (SSSR count). The van der Waals surface area contributed by atoms with E-state index in [1.165, 1.54) is 25.7 Å². The molecule has 68 valence electrons. The molecule has 0 aliphatic heterocycles. The maximum atomic E-state index is 3.58. The molecule has 2 unspecified atom stereocenters. The Labute approximate surface area is 71.6 Å². The van der Waals surface area contributed by atoms with E-state index in [1.54, 1.807) is 0 Å².